The van der Waals surface area contributed by atoms with Gasteiger partial charge in [0.1, 0.15) is 5.69 Å². The average Bonchev–Trinajstić information content (AvgIpc) is 3.14. The van der Waals surface area contributed by atoms with Crippen LogP contribution in [0.1, 0.15) is 22.3 Å². The molecule has 0 saturated heterocycles. The molecule has 0 aromatic carbocycles. The Hall–Kier alpha value is -1.59. The lowest BCUT2D eigenvalue weighted by Gasteiger charge is -2.08. The molecule has 0 aliphatic carbocycles. The fourth-order valence-electron chi connectivity index (χ4n) is 2.35. The maximum Gasteiger partial charge on any atom is 0.267 e. The molecular formula is C15H16N2OS2. The molecule has 1 N–H and O–H groups in total. The second kappa shape index (κ2) is 5.81. The molecule has 104 valence electrons. The number of fused-ring (bicyclic) bond motifs is 1. The van der Waals surface area contributed by atoms with Gasteiger partial charge in [-0.3, -0.25) is 4.79 Å². The average molecular weight is 304 g/mol. The van der Waals surface area contributed by atoms with E-state index in [1.165, 1.54) is 9.58 Å². The van der Waals surface area contributed by atoms with Crippen molar-refractivity contribution in [3.63, 3.8) is 0 Å². The van der Waals surface area contributed by atoms with Gasteiger partial charge in [0.2, 0.25) is 0 Å². The standard InChI is InChI=1S/C15H16N2OS2/c1-2-17-12-6-9-20-14(12)10-13(17)15(18)16-7-5-11-4-3-8-19-11/h3-4,6,8-10H,2,5,7H2,1H3,(H,16,18). The quantitative estimate of drug-likeness (QED) is 0.765. The number of amides is 1. The largest absolute Gasteiger partial charge is 0.350 e. The van der Waals surface area contributed by atoms with E-state index < -0.39 is 0 Å². The van der Waals surface area contributed by atoms with Crippen molar-refractivity contribution in [3.8, 4) is 0 Å². The van der Waals surface area contributed by atoms with Crippen LogP contribution in [-0.4, -0.2) is 17.0 Å². The van der Waals surface area contributed by atoms with Gasteiger partial charge in [-0.25, -0.2) is 0 Å². The smallest absolute Gasteiger partial charge is 0.267 e. The molecule has 3 aromatic rings. The van der Waals surface area contributed by atoms with Crippen molar-refractivity contribution in [3.05, 3.63) is 45.6 Å². The van der Waals surface area contributed by atoms with Gasteiger partial charge in [-0.05, 0) is 42.3 Å². The van der Waals surface area contributed by atoms with Gasteiger partial charge in [-0.2, -0.15) is 0 Å². The Morgan fingerprint density at radius 3 is 2.95 bits per heavy atom. The van der Waals surface area contributed by atoms with Crippen molar-refractivity contribution >= 4 is 38.8 Å². The van der Waals surface area contributed by atoms with Gasteiger partial charge >= 0.3 is 0 Å². The highest BCUT2D eigenvalue weighted by atomic mass is 32.1. The first-order chi connectivity index (χ1) is 9.79. The molecule has 0 bridgehead atoms. The van der Waals surface area contributed by atoms with E-state index in [1.807, 2.05) is 12.1 Å². The van der Waals surface area contributed by atoms with Crippen molar-refractivity contribution < 1.29 is 4.79 Å². The van der Waals surface area contributed by atoms with Crippen LogP contribution in [-0.2, 0) is 13.0 Å². The SMILES string of the molecule is CCn1c(C(=O)NCCc2cccs2)cc2sccc21. The predicted octanol–water partition coefficient (Wildman–Crippen LogP) is 3.76. The predicted molar refractivity (Wildman–Crippen MR) is 85.8 cm³/mol. The number of hydrogen-bond donors (Lipinski definition) is 1. The number of thiophene rings is 2. The van der Waals surface area contributed by atoms with E-state index in [1.54, 1.807) is 22.7 Å². The second-order valence-corrected chi connectivity index (χ2v) is 6.51. The maximum absolute atomic E-state index is 12.3. The normalized spacial score (nSPS) is 11.1. The molecule has 3 nitrogen and oxygen atoms in total. The first-order valence-electron chi connectivity index (χ1n) is 6.67. The number of nitrogens with zero attached hydrogens (tertiary/aromatic N) is 1. The van der Waals surface area contributed by atoms with Crippen LogP contribution in [0.3, 0.4) is 0 Å². The molecule has 0 saturated carbocycles. The van der Waals surface area contributed by atoms with Crippen molar-refractivity contribution in [2.75, 3.05) is 6.54 Å². The number of aromatic nitrogens is 1. The third-order valence-electron chi connectivity index (χ3n) is 3.31. The van der Waals surface area contributed by atoms with Gasteiger partial charge in [0.15, 0.2) is 0 Å². The van der Waals surface area contributed by atoms with Crippen LogP contribution in [0.5, 0.6) is 0 Å². The lowest BCUT2D eigenvalue weighted by molar-refractivity contribution is 0.0945. The zero-order chi connectivity index (χ0) is 13.9. The molecule has 3 aromatic heterocycles. The molecule has 0 radical (unpaired) electrons. The maximum atomic E-state index is 12.3. The van der Waals surface area contributed by atoms with E-state index in [2.05, 4.69) is 39.7 Å². The molecule has 0 unspecified atom stereocenters. The summed E-state index contributed by atoms with van der Waals surface area (Å²) in [6.45, 7) is 3.56. The first-order valence-corrected chi connectivity index (χ1v) is 8.43. The summed E-state index contributed by atoms with van der Waals surface area (Å²) >= 11 is 3.41. The topological polar surface area (TPSA) is 34.0 Å². The highest BCUT2D eigenvalue weighted by molar-refractivity contribution is 7.17. The van der Waals surface area contributed by atoms with Crippen molar-refractivity contribution in [2.24, 2.45) is 0 Å². The van der Waals surface area contributed by atoms with Crippen LogP contribution in [0, 0.1) is 0 Å². The molecule has 3 rings (SSSR count). The van der Waals surface area contributed by atoms with Crippen LogP contribution in [0.2, 0.25) is 0 Å². The Morgan fingerprint density at radius 2 is 2.20 bits per heavy atom. The Balaban J connectivity index is 1.70. The number of rotatable bonds is 5. The van der Waals surface area contributed by atoms with Crippen molar-refractivity contribution in [2.45, 2.75) is 19.9 Å². The third kappa shape index (κ3) is 2.51. The highest BCUT2D eigenvalue weighted by Crippen LogP contribution is 2.25. The second-order valence-electron chi connectivity index (χ2n) is 4.53. The molecule has 20 heavy (non-hydrogen) atoms. The van der Waals surface area contributed by atoms with Crippen LogP contribution >= 0.6 is 22.7 Å². The van der Waals surface area contributed by atoms with Crippen molar-refractivity contribution in [1.29, 1.82) is 0 Å². The molecule has 1 amide bonds. The zero-order valence-electron chi connectivity index (χ0n) is 11.3. The molecule has 0 fully saturated rings. The van der Waals surface area contributed by atoms with Gasteiger partial charge in [0.05, 0.1) is 10.2 Å². The fraction of sp³-hybridized carbons (Fsp3) is 0.267. The lowest BCUT2D eigenvalue weighted by Crippen LogP contribution is -2.27. The summed E-state index contributed by atoms with van der Waals surface area (Å²) in [6, 6.07) is 8.20. The number of carbonyl (C=O) groups is 1. The summed E-state index contributed by atoms with van der Waals surface area (Å²) in [7, 11) is 0. The monoisotopic (exact) mass is 304 g/mol. The van der Waals surface area contributed by atoms with Gasteiger partial charge in [0, 0.05) is 18.0 Å². The Kier molecular flexibility index (Phi) is 3.89. The minimum absolute atomic E-state index is 0.0202. The minimum atomic E-state index is 0.0202. The molecule has 0 aliphatic heterocycles. The number of hydrogen-bond acceptors (Lipinski definition) is 3. The van der Waals surface area contributed by atoms with Crippen LogP contribution in [0.4, 0.5) is 0 Å². The Labute approximate surface area is 125 Å². The molecular weight excluding hydrogens is 288 g/mol. The summed E-state index contributed by atoms with van der Waals surface area (Å²) in [5, 5.41) is 7.14. The summed E-state index contributed by atoms with van der Waals surface area (Å²) in [6.07, 6.45) is 0.893. The third-order valence-corrected chi connectivity index (χ3v) is 5.10. The first kappa shape index (κ1) is 13.4. The van der Waals surface area contributed by atoms with Gasteiger partial charge in [-0.1, -0.05) is 6.07 Å². The molecule has 3 heterocycles. The van der Waals surface area contributed by atoms with E-state index in [0.29, 0.717) is 6.54 Å². The summed E-state index contributed by atoms with van der Waals surface area (Å²) in [5.41, 5.74) is 1.92. The van der Waals surface area contributed by atoms with E-state index in [4.69, 9.17) is 0 Å². The van der Waals surface area contributed by atoms with Crippen molar-refractivity contribution in [1.82, 2.24) is 9.88 Å². The van der Waals surface area contributed by atoms with E-state index in [9.17, 15) is 4.79 Å². The minimum Gasteiger partial charge on any atom is -0.350 e. The fourth-order valence-corrected chi connectivity index (χ4v) is 3.88. The van der Waals surface area contributed by atoms with Gasteiger partial charge in [-0.15, -0.1) is 22.7 Å². The van der Waals surface area contributed by atoms with E-state index >= 15 is 0 Å². The Morgan fingerprint density at radius 1 is 1.30 bits per heavy atom. The van der Waals surface area contributed by atoms with Gasteiger partial charge < -0.3 is 9.88 Å². The lowest BCUT2D eigenvalue weighted by atomic mass is 10.3. The van der Waals surface area contributed by atoms with Crippen LogP contribution < -0.4 is 5.32 Å². The highest BCUT2D eigenvalue weighted by Gasteiger charge is 2.14. The van der Waals surface area contributed by atoms with E-state index in [0.717, 1.165) is 24.2 Å². The summed E-state index contributed by atoms with van der Waals surface area (Å²) in [5.74, 6) is 0.0202. The number of aryl methyl sites for hydroxylation is 1. The van der Waals surface area contributed by atoms with Gasteiger partial charge in [0.25, 0.3) is 5.91 Å². The number of carbonyl (C=O) groups excluding carboxylic acids is 1. The zero-order valence-corrected chi connectivity index (χ0v) is 12.9. The summed E-state index contributed by atoms with van der Waals surface area (Å²) in [4.78, 5) is 13.6. The molecule has 5 heteroatoms. The van der Waals surface area contributed by atoms with Crippen LogP contribution in [0.25, 0.3) is 10.2 Å². The summed E-state index contributed by atoms with van der Waals surface area (Å²) < 4.78 is 3.25. The molecule has 0 spiro atoms. The number of nitrogens with one attached hydrogen (secondary N) is 1. The van der Waals surface area contributed by atoms with Crippen LogP contribution in [0.15, 0.2) is 35.0 Å². The van der Waals surface area contributed by atoms with E-state index in [-0.39, 0.29) is 5.91 Å². The molecule has 0 atom stereocenters. The Bertz CT molecular complexity index is 709. The molecule has 0 aliphatic rings.